The Bertz CT molecular complexity index is 979. The number of aliphatic imine (C=N–C) groups is 1. The number of nitrogens with zero attached hydrogens (tertiary/aromatic N) is 3. The number of amides is 2. The molecule has 2 amide bonds. The van der Waals surface area contributed by atoms with Gasteiger partial charge in [-0.3, -0.25) is 10.6 Å². The van der Waals surface area contributed by atoms with Crippen molar-refractivity contribution in [3.8, 4) is 0 Å². The minimum Gasteiger partial charge on any atom is -0.308 e. The number of aromatic nitrogens is 2. The van der Waals surface area contributed by atoms with E-state index in [2.05, 4.69) is 30.9 Å². The molecule has 0 fully saturated rings. The third kappa shape index (κ3) is 6.42. The molecule has 0 bridgehead atoms. The number of benzene rings is 2. The zero-order valence-electron chi connectivity index (χ0n) is 16.7. The fourth-order valence-corrected chi connectivity index (χ4v) is 2.66. The van der Waals surface area contributed by atoms with Crippen molar-refractivity contribution in [2.24, 2.45) is 4.99 Å². The van der Waals surface area contributed by atoms with Gasteiger partial charge in [-0.05, 0) is 44.5 Å². The summed E-state index contributed by atoms with van der Waals surface area (Å²) in [5.41, 5.74) is 4.49. The van der Waals surface area contributed by atoms with Crippen LogP contribution < -0.4 is 16.0 Å². The highest BCUT2D eigenvalue weighted by atomic mass is 16.2. The second-order valence-corrected chi connectivity index (χ2v) is 6.69. The summed E-state index contributed by atoms with van der Waals surface area (Å²) >= 11 is 0. The molecule has 0 saturated carbocycles. The van der Waals surface area contributed by atoms with Crippen LogP contribution in [0.3, 0.4) is 0 Å². The van der Waals surface area contributed by atoms with Gasteiger partial charge in [0.15, 0.2) is 0 Å². The molecule has 1 aromatic heterocycles. The molecule has 7 heteroatoms. The molecule has 0 saturated heterocycles. The quantitative estimate of drug-likeness (QED) is 0.462. The third-order valence-electron chi connectivity index (χ3n) is 4.02. The van der Waals surface area contributed by atoms with Crippen molar-refractivity contribution in [1.82, 2.24) is 15.3 Å². The summed E-state index contributed by atoms with van der Waals surface area (Å²) in [7, 11) is 0. The van der Waals surface area contributed by atoms with Crippen LogP contribution in [-0.2, 0) is 6.54 Å². The average molecular weight is 388 g/mol. The molecule has 3 N–H and O–H groups in total. The fourth-order valence-electron chi connectivity index (χ4n) is 2.66. The summed E-state index contributed by atoms with van der Waals surface area (Å²) in [6, 6.07) is 18.8. The molecule has 0 aliphatic rings. The number of urea groups is 1. The summed E-state index contributed by atoms with van der Waals surface area (Å²) in [6.07, 6.45) is 0. The highest BCUT2D eigenvalue weighted by molar-refractivity contribution is 6.07. The van der Waals surface area contributed by atoms with Crippen LogP contribution in [0.1, 0.15) is 22.5 Å². The molecular formula is C22H24N6O. The number of nitrogens with one attached hydrogen (secondary N) is 3. The summed E-state index contributed by atoms with van der Waals surface area (Å²) in [4.78, 5) is 25.7. The van der Waals surface area contributed by atoms with Crippen LogP contribution in [0.25, 0.3) is 0 Å². The molecule has 0 radical (unpaired) electrons. The Balaban J connectivity index is 1.75. The lowest BCUT2D eigenvalue weighted by Gasteiger charge is -2.12. The summed E-state index contributed by atoms with van der Waals surface area (Å²) < 4.78 is 0. The summed E-state index contributed by atoms with van der Waals surface area (Å²) in [6.45, 7) is 6.17. The Labute approximate surface area is 170 Å². The minimum absolute atomic E-state index is 0.267. The van der Waals surface area contributed by atoms with E-state index in [4.69, 9.17) is 0 Å². The van der Waals surface area contributed by atoms with Gasteiger partial charge in [0, 0.05) is 17.1 Å². The van der Waals surface area contributed by atoms with Crippen molar-refractivity contribution < 1.29 is 4.79 Å². The van der Waals surface area contributed by atoms with Crippen LogP contribution in [0.5, 0.6) is 0 Å². The lowest BCUT2D eigenvalue weighted by molar-refractivity contribution is 0.256. The topological polar surface area (TPSA) is 91.3 Å². The molecule has 3 aromatic rings. The van der Waals surface area contributed by atoms with Crippen LogP contribution in [0, 0.1) is 20.8 Å². The van der Waals surface area contributed by atoms with Crippen LogP contribution >= 0.6 is 0 Å². The predicted molar refractivity (Wildman–Crippen MR) is 116 cm³/mol. The first kappa shape index (κ1) is 20.0. The van der Waals surface area contributed by atoms with Gasteiger partial charge < -0.3 is 5.32 Å². The maximum atomic E-state index is 12.5. The predicted octanol–water partition coefficient (Wildman–Crippen LogP) is 4.19. The number of rotatable bonds is 4. The molecular weight excluding hydrogens is 364 g/mol. The van der Waals surface area contributed by atoms with Gasteiger partial charge in [-0.25, -0.2) is 19.8 Å². The molecule has 1 heterocycles. The van der Waals surface area contributed by atoms with Gasteiger partial charge in [0.05, 0.1) is 6.54 Å². The molecule has 0 aliphatic heterocycles. The standard InChI is InChI=1S/C22H24N6O/c1-15-9-11-19(12-10-15)26-22(29)28-20(23-14-18-7-5-4-6-8-18)27-21-24-16(2)13-17(3)25-21/h4-13H,14H2,1-3H3,(H3,23,24,25,26,27,28,29). The maximum Gasteiger partial charge on any atom is 0.326 e. The van der Waals surface area contributed by atoms with Gasteiger partial charge in [-0.15, -0.1) is 0 Å². The van der Waals surface area contributed by atoms with E-state index in [1.165, 1.54) is 0 Å². The van der Waals surface area contributed by atoms with Crippen LogP contribution in [0.2, 0.25) is 0 Å². The van der Waals surface area contributed by atoms with E-state index in [0.29, 0.717) is 18.2 Å². The average Bonchev–Trinajstić information content (AvgIpc) is 2.68. The lowest BCUT2D eigenvalue weighted by atomic mass is 10.2. The number of aryl methyl sites for hydroxylation is 3. The second kappa shape index (κ2) is 9.45. The maximum absolute atomic E-state index is 12.5. The van der Waals surface area contributed by atoms with Crippen LogP contribution in [-0.4, -0.2) is 22.0 Å². The van der Waals surface area contributed by atoms with Crippen molar-refractivity contribution in [3.63, 3.8) is 0 Å². The number of carbonyl (C=O) groups is 1. The van der Waals surface area contributed by atoms with E-state index in [0.717, 1.165) is 22.5 Å². The van der Waals surface area contributed by atoms with Gasteiger partial charge in [-0.1, -0.05) is 48.0 Å². The number of hydrogen-bond acceptors (Lipinski definition) is 4. The minimum atomic E-state index is -0.405. The zero-order chi connectivity index (χ0) is 20.6. The first-order valence-corrected chi connectivity index (χ1v) is 9.30. The molecule has 0 aliphatic carbocycles. The largest absolute Gasteiger partial charge is 0.326 e. The first-order chi connectivity index (χ1) is 14.0. The highest BCUT2D eigenvalue weighted by Gasteiger charge is 2.09. The number of carbonyl (C=O) groups excluding carboxylic acids is 1. The Morgan fingerprint density at radius 1 is 0.897 bits per heavy atom. The molecule has 0 unspecified atom stereocenters. The Morgan fingerprint density at radius 2 is 1.55 bits per heavy atom. The van der Waals surface area contributed by atoms with E-state index in [1.54, 1.807) is 0 Å². The number of guanidine groups is 1. The normalized spacial score (nSPS) is 11.1. The Morgan fingerprint density at radius 3 is 2.21 bits per heavy atom. The van der Waals surface area contributed by atoms with Gasteiger partial charge >= 0.3 is 6.03 Å². The van der Waals surface area contributed by atoms with Crippen molar-refractivity contribution >= 4 is 23.6 Å². The van der Waals surface area contributed by atoms with Crippen molar-refractivity contribution in [3.05, 3.63) is 83.2 Å². The van der Waals surface area contributed by atoms with E-state index in [-0.39, 0.29) is 5.96 Å². The third-order valence-corrected chi connectivity index (χ3v) is 4.02. The van der Waals surface area contributed by atoms with Crippen molar-refractivity contribution in [2.75, 3.05) is 10.6 Å². The molecule has 29 heavy (non-hydrogen) atoms. The van der Waals surface area contributed by atoms with Crippen molar-refractivity contribution in [1.29, 1.82) is 0 Å². The van der Waals surface area contributed by atoms with Crippen LogP contribution in [0.15, 0.2) is 65.7 Å². The van der Waals surface area contributed by atoms with Gasteiger partial charge in [0.25, 0.3) is 0 Å². The molecule has 148 valence electrons. The van der Waals surface area contributed by atoms with E-state index >= 15 is 0 Å². The van der Waals surface area contributed by atoms with E-state index in [9.17, 15) is 4.79 Å². The molecule has 2 aromatic carbocycles. The molecule has 3 rings (SSSR count). The fraction of sp³-hybridized carbons (Fsp3) is 0.182. The van der Waals surface area contributed by atoms with Crippen molar-refractivity contribution in [2.45, 2.75) is 27.3 Å². The summed E-state index contributed by atoms with van der Waals surface area (Å²) in [5, 5.41) is 8.55. The Kier molecular flexibility index (Phi) is 6.52. The smallest absolute Gasteiger partial charge is 0.308 e. The zero-order valence-corrected chi connectivity index (χ0v) is 16.7. The second-order valence-electron chi connectivity index (χ2n) is 6.69. The number of hydrogen-bond donors (Lipinski definition) is 3. The summed E-state index contributed by atoms with van der Waals surface area (Å²) in [5.74, 6) is 0.647. The molecule has 0 spiro atoms. The molecule has 0 atom stereocenters. The first-order valence-electron chi connectivity index (χ1n) is 9.30. The van der Waals surface area contributed by atoms with Crippen LogP contribution in [0.4, 0.5) is 16.4 Å². The van der Waals surface area contributed by atoms with Gasteiger partial charge in [-0.2, -0.15) is 0 Å². The lowest BCUT2D eigenvalue weighted by Crippen LogP contribution is -2.39. The van der Waals surface area contributed by atoms with Gasteiger partial charge in [0.2, 0.25) is 11.9 Å². The molecule has 7 nitrogen and oxygen atoms in total. The monoisotopic (exact) mass is 388 g/mol. The highest BCUT2D eigenvalue weighted by Crippen LogP contribution is 2.09. The SMILES string of the molecule is Cc1ccc(NC(=O)NC(=NCc2ccccc2)Nc2nc(C)cc(C)n2)cc1. The van der Waals surface area contributed by atoms with E-state index in [1.807, 2.05) is 81.4 Å². The Hall–Kier alpha value is -3.74. The van der Waals surface area contributed by atoms with E-state index < -0.39 is 6.03 Å². The number of anilines is 2. The van der Waals surface area contributed by atoms with Gasteiger partial charge in [0.1, 0.15) is 0 Å².